The van der Waals surface area contributed by atoms with E-state index < -0.39 is 11.0 Å². The number of aliphatic hydroxyl groups excluding tert-OH is 1. The number of nitro benzene ring substituents is 1. The molecular formula is C19H21N3O4. The van der Waals surface area contributed by atoms with E-state index in [0.717, 1.165) is 12.0 Å². The molecule has 0 spiro atoms. The summed E-state index contributed by atoms with van der Waals surface area (Å²) < 4.78 is 5.52. The van der Waals surface area contributed by atoms with Crippen molar-refractivity contribution in [3.8, 4) is 11.8 Å². The molecule has 0 aromatic heterocycles. The average molecular weight is 355 g/mol. The van der Waals surface area contributed by atoms with Gasteiger partial charge in [0.05, 0.1) is 16.6 Å². The van der Waals surface area contributed by atoms with E-state index in [0.29, 0.717) is 24.4 Å². The zero-order valence-corrected chi connectivity index (χ0v) is 14.5. The molecule has 26 heavy (non-hydrogen) atoms. The number of non-ortho nitro benzene ring substituents is 1. The van der Waals surface area contributed by atoms with Crippen molar-refractivity contribution >= 4 is 5.69 Å². The van der Waals surface area contributed by atoms with Crippen LogP contribution in [0, 0.1) is 21.4 Å². The first-order valence-electron chi connectivity index (χ1n) is 8.21. The Bertz CT molecular complexity index is 754. The van der Waals surface area contributed by atoms with Crippen molar-refractivity contribution in [2.24, 2.45) is 0 Å². The van der Waals surface area contributed by atoms with Crippen LogP contribution in [-0.4, -0.2) is 47.8 Å². The van der Waals surface area contributed by atoms with E-state index in [1.807, 2.05) is 18.0 Å². The van der Waals surface area contributed by atoms with Gasteiger partial charge in [-0.15, -0.1) is 0 Å². The average Bonchev–Trinajstić information content (AvgIpc) is 2.65. The Morgan fingerprint density at radius 1 is 1.23 bits per heavy atom. The van der Waals surface area contributed by atoms with Crippen LogP contribution in [0.15, 0.2) is 48.5 Å². The van der Waals surface area contributed by atoms with E-state index in [2.05, 4.69) is 0 Å². The number of nitro groups is 1. The molecule has 2 aromatic rings. The molecule has 1 N–H and O–H groups in total. The van der Waals surface area contributed by atoms with Crippen LogP contribution in [-0.2, 0) is 6.42 Å². The third-order valence-corrected chi connectivity index (χ3v) is 3.88. The maximum atomic E-state index is 10.6. The second-order valence-corrected chi connectivity index (χ2v) is 6.04. The lowest BCUT2D eigenvalue weighted by molar-refractivity contribution is -0.384. The van der Waals surface area contributed by atoms with Gasteiger partial charge < -0.3 is 14.7 Å². The molecule has 0 aliphatic heterocycles. The molecule has 2 aromatic carbocycles. The minimum Gasteiger partial charge on any atom is -0.491 e. The van der Waals surface area contributed by atoms with Crippen molar-refractivity contribution in [1.82, 2.24) is 4.90 Å². The number of hydrogen-bond donors (Lipinski definition) is 1. The van der Waals surface area contributed by atoms with Gasteiger partial charge in [-0.1, -0.05) is 12.1 Å². The van der Waals surface area contributed by atoms with Crippen LogP contribution in [0.25, 0.3) is 0 Å². The summed E-state index contributed by atoms with van der Waals surface area (Å²) in [6.45, 7) is 1.32. The number of benzene rings is 2. The lowest BCUT2D eigenvalue weighted by atomic mass is 10.1. The molecule has 7 heteroatoms. The molecule has 7 nitrogen and oxygen atoms in total. The smallest absolute Gasteiger partial charge is 0.269 e. The molecule has 136 valence electrons. The minimum absolute atomic E-state index is 0.0810. The molecular weight excluding hydrogens is 334 g/mol. The minimum atomic E-state index is -0.646. The molecule has 0 radical (unpaired) electrons. The summed E-state index contributed by atoms with van der Waals surface area (Å²) in [5.74, 6) is 0.608. The van der Waals surface area contributed by atoms with Crippen LogP contribution >= 0.6 is 0 Å². The molecule has 0 aliphatic carbocycles. The van der Waals surface area contributed by atoms with Crippen LogP contribution in [0.1, 0.15) is 11.1 Å². The predicted molar refractivity (Wildman–Crippen MR) is 97.0 cm³/mol. The maximum Gasteiger partial charge on any atom is 0.269 e. The van der Waals surface area contributed by atoms with E-state index in [4.69, 9.17) is 10.00 Å². The van der Waals surface area contributed by atoms with E-state index in [1.54, 1.807) is 36.4 Å². The van der Waals surface area contributed by atoms with Crippen LogP contribution < -0.4 is 4.74 Å². The highest BCUT2D eigenvalue weighted by molar-refractivity contribution is 5.34. The Hall–Kier alpha value is -2.95. The third-order valence-electron chi connectivity index (χ3n) is 3.88. The Labute approximate surface area is 152 Å². The van der Waals surface area contributed by atoms with Gasteiger partial charge in [0.15, 0.2) is 0 Å². The Morgan fingerprint density at radius 2 is 1.88 bits per heavy atom. The summed E-state index contributed by atoms with van der Waals surface area (Å²) in [5.41, 5.74) is 1.65. The van der Waals surface area contributed by atoms with Crippen LogP contribution in [0.4, 0.5) is 5.69 Å². The van der Waals surface area contributed by atoms with E-state index >= 15 is 0 Å². The highest BCUT2D eigenvalue weighted by atomic mass is 16.6. The molecule has 0 bridgehead atoms. The first-order chi connectivity index (χ1) is 12.5. The van der Waals surface area contributed by atoms with Gasteiger partial charge in [-0.25, -0.2) is 0 Å². The maximum absolute atomic E-state index is 10.6. The van der Waals surface area contributed by atoms with Crippen molar-refractivity contribution in [2.45, 2.75) is 12.5 Å². The molecule has 0 fully saturated rings. The lowest BCUT2D eigenvalue weighted by Gasteiger charge is -2.20. The summed E-state index contributed by atoms with van der Waals surface area (Å²) in [6.07, 6.45) is 0.0880. The van der Waals surface area contributed by atoms with Gasteiger partial charge in [0.1, 0.15) is 18.5 Å². The second-order valence-electron chi connectivity index (χ2n) is 6.04. The van der Waals surface area contributed by atoms with Gasteiger partial charge >= 0.3 is 0 Å². The van der Waals surface area contributed by atoms with Crippen molar-refractivity contribution in [3.63, 3.8) is 0 Å². The van der Waals surface area contributed by atoms with E-state index in [-0.39, 0.29) is 12.3 Å². The fraction of sp³-hybridized carbons (Fsp3) is 0.316. The number of hydrogen-bond acceptors (Lipinski definition) is 6. The SMILES string of the molecule is CN(CCc1ccc([N+](=O)[O-])cc1)CC(O)COc1ccc(C#N)cc1. The Kier molecular flexibility index (Phi) is 7.09. The first-order valence-corrected chi connectivity index (χ1v) is 8.21. The Morgan fingerprint density at radius 3 is 2.46 bits per heavy atom. The molecule has 0 saturated heterocycles. The molecule has 1 atom stereocenters. The normalized spacial score (nSPS) is 11.8. The van der Waals surface area contributed by atoms with Gasteiger partial charge in [0.25, 0.3) is 5.69 Å². The third kappa shape index (κ3) is 6.16. The van der Waals surface area contributed by atoms with Gasteiger partial charge in [-0.2, -0.15) is 5.26 Å². The summed E-state index contributed by atoms with van der Waals surface area (Å²) in [5, 5.41) is 29.5. The fourth-order valence-electron chi connectivity index (χ4n) is 2.43. The van der Waals surface area contributed by atoms with Gasteiger partial charge in [-0.3, -0.25) is 10.1 Å². The van der Waals surface area contributed by atoms with Crippen LogP contribution in [0.5, 0.6) is 5.75 Å². The van der Waals surface area contributed by atoms with Crippen LogP contribution in [0.2, 0.25) is 0 Å². The monoisotopic (exact) mass is 355 g/mol. The molecule has 1 unspecified atom stereocenters. The summed E-state index contributed by atoms with van der Waals surface area (Å²) in [7, 11) is 1.90. The number of ether oxygens (including phenoxy) is 1. The number of likely N-dealkylation sites (N-methyl/N-ethyl adjacent to an activating group) is 1. The van der Waals surface area contributed by atoms with Crippen molar-refractivity contribution < 1.29 is 14.8 Å². The standard InChI is InChI=1S/C19H21N3O4/c1-21(11-10-15-2-6-17(7-3-15)22(24)25)13-18(23)14-26-19-8-4-16(12-20)5-9-19/h2-9,18,23H,10-11,13-14H2,1H3. The van der Waals surface area contributed by atoms with Crippen LogP contribution in [0.3, 0.4) is 0 Å². The quantitative estimate of drug-likeness (QED) is 0.548. The zero-order valence-electron chi connectivity index (χ0n) is 14.5. The summed E-state index contributed by atoms with van der Waals surface area (Å²) >= 11 is 0. The van der Waals surface area contributed by atoms with Crippen molar-refractivity contribution in [2.75, 3.05) is 26.7 Å². The van der Waals surface area contributed by atoms with Gasteiger partial charge in [-0.05, 0) is 43.3 Å². The summed E-state index contributed by atoms with van der Waals surface area (Å²) in [4.78, 5) is 12.2. The fourth-order valence-corrected chi connectivity index (χ4v) is 2.43. The largest absolute Gasteiger partial charge is 0.491 e. The predicted octanol–water partition coefficient (Wildman–Crippen LogP) is 2.38. The number of rotatable bonds is 9. The molecule has 0 amide bonds. The first kappa shape index (κ1) is 19.4. The second kappa shape index (κ2) is 9.51. The molecule has 0 heterocycles. The number of nitriles is 1. The van der Waals surface area contributed by atoms with Gasteiger partial charge in [0.2, 0.25) is 0 Å². The number of aliphatic hydroxyl groups is 1. The van der Waals surface area contributed by atoms with Gasteiger partial charge in [0, 0.05) is 25.2 Å². The molecule has 0 aliphatic rings. The van der Waals surface area contributed by atoms with E-state index in [9.17, 15) is 15.2 Å². The zero-order chi connectivity index (χ0) is 18.9. The summed E-state index contributed by atoms with van der Waals surface area (Å²) in [6, 6.07) is 15.2. The lowest BCUT2D eigenvalue weighted by Crippen LogP contribution is -2.34. The highest BCUT2D eigenvalue weighted by Gasteiger charge is 2.10. The van der Waals surface area contributed by atoms with Crippen molar-refractivity contribution in [3.05, 3.63) is 69.8 Å². The molecule has 0 saturated carbocycles. The highest BCUT2D eigenvalue weighted by Crippen LogP contribution is 2.13. The Balaban J connectivity index is 1.71. The van der Waals surface area contributed by atoms with E-state index in [1.165, 1.54) is 12.1 Å². The van der Waals surface area contributed by atoms with Crippen molar-refractivity contribution in [1.29, 1.82) is 5.26 Å². The number of nitrogens with zero attached hydrogens (tertiary/aromatic N) is 3. The molecule has 2 rings (SSSR count). The topological polar surface area (TPSA) is 99.6 Å².